The molecule has 1 aromatic heterocycles. The number of phenols is 1. The molecule has 1 atom stereocenters. The summed E-state index contributed by atoms with van der Waals surface area (Å²) < 4.78 is 5.27. The molecule has 0 aliphatic carbocycles. The molecular formula is C22H26NO3+. The Morgan fingerprint density at radius 1 is 1.08 bits per heavy atom. The average Bonchev–Trinajstić information content (AvgIpc) is 2.65. The molecule has 3 rings (SSSR count). The van der Waals surface area contributed by atoms with Gasteiger partial charge < -0.3 is 14.8 Å². The second kappa shape index (κ2) is 8.19. The zero-order valence-electron chi connectivity index (χ0n) is 15.4. The molecule has 0 bridgehead atoms. The van der Waals surface area contributed by atoms with Crippen LogP contribution in [-0.4, -0.2) is 11.7 Å². The van der Waals surface area contributed by atoms with Crippen LogP contribution in [0, 0.1) is 0 Å². The number of fused-ring (bicyclic) bond motifs is 1. The normalized spacial score (nSPS) is 12.4. The van der Waals surface area contributed by atoms with Gasteiger partial charge in [-0.3, -0.25) is 0 Å². The Morgan fingerprint density at radius 3 is 2.54 bits per heavy atom. The van der Waals surface area contributed by atoms with E-state index in [4.69, 9.17) is 4.42 Å². The highest BCUT2D eigenvalue weighted by Gasteiger charge is 2.14. The Balaban J connectivity index is 1.81. The lowest BCUT2D eigenvalue weighted by Gasteiger charge is -2.14. The Labute approximate surface area is 153 Å². The van der Waals surface area contributed by atoms with E-state index < -0.39 is 0 Å². The van der Waals surface area contributed by atoms with E-state index >= 15 is 0 Å². The van der Waals surface area contributed by atoms with Crippen LogP contribution in [0.4, 0.5) is 0 Å². The van der Waals surface area contributed by atoms with Gasteiger partial charge in [0.25, 0.3) is 0 Å². The highest BCUT2D eigenvalue weighted by atomic mass is 16.4. The van der Waals surface area contributed by atoms with Crippen LogP contribution in [-0.2, 0) is 13.0 Å². The summed E-state index contributed by atoms with van der Waals surface area (Å²) in [7, 11) is 0. The van der Waals surface area contributed by atoms with Gasteiger partial charge >= 0.3 is 5.63 Å². The molecule has 2 aromatic carbocycles. The van der Waals surface area contributed by atoms with Gasteiger partial charge in [-0.2, -0.15) is 0 Å². The van der Waals surface area contributed by atoms with Gasteiger partial charge in [-0.25, -0.2) is 4.79 Å². The molecule has 0 amide bonds. The van der Waals surface area contributed by atoms with Crippen LogP contribution < -0.4 is 10.9 Å². The molecule has 3 aromatic rings. The van der Waals surface area contributed by atoms with Crippen molar-refractivity contribution >= 4 is 11.0 Å². The lowest BCUT2D eigenvalue weighted by molar-refractivity contribution is -0.672. The first-order chi connectivity index (χ1) is 12.6. The molecular weight excluding hydrogens is 326 g/mol. The van der Waals surface area contributed by atoms with Crippen molar-refractivity contribution in [3.63, 3.8) is 0 Å². The summed E-state index contributed by atoms with van der Waals surface area (Å²) in [5, 5.41) is 13.2. The topological polar surface area (TPSA) is 67.0 Å². The Hall–Kier alpha value is -2.59. The maximum Gasteiger partial charge on any atom is 0.336 e. The number of phenolic OH excluding ortho intramolecular Hbond substituents is 1. The number of rotatable bonds is 7. The monoisotopic (exact) mass is 352 g/mol. The molecule has 26 heavy (non-hydrogen) atoms. The molecule has 0 spiro atoms. The minimum absolute atomic E-state index is 0.180. The lowest BCUT2D eigenvalue weighted by atomic mass is 9.96. The number of hydrogen-bond acceptors (Lipinski definition) is 3. The van der Waals surface area contributed by atoms with Crippen LogP contribution in [0.2, 0.25) is 0 Å². The summed E-state index contributed by atoms with van der Waals surface area (Å²) in [6.07, 6.45) is 1.81. The predicted octanol–water partition coefficient (Wildman–Crippen LogP) is 3.32. The van der Waals surface area contributed by atoms with Gasteiger partial charge in [-0.1, -0.05) is 44.2 Å². The summed E-state index contributed by atoms with van der Waals surface area (Å²) in [5.74, 6) is 0.664. The SMILES string of the molecule is CCc1cc2c(C[NH2+]C[C@@H](CC)c3ccccc3)cc(=O)oc2cc1O. The van der Waals surface area contributed by atoms with Crippen molar-refractivity contribution in [2.45, 2.75) is 39.2 Å². The number of hydrogen-bond donors (Lipinski definition) is 2. The first-order valence-electron chi connectivity index (χ1n) is 9.27. The molecule has 0 saturated carbocycles. The van der Waals surface area contributed by atoms with Crippen molar-refractivity contribution < 1.29 is 14.8 Å². The number of aryl methyl sites for hydroxylation is 1. The lowest BCUT2D eigenvalue weighted by Crippen LogP contribution is -2.83. The van der Waals surface area contributed by atoms with Crippen molar-refractivity contribution in [1.29, 1.82) is 0 Å². The highest BCUT2D eigenvalue weighted by Crippen LogP contribution is 2.26. The molecule has 0 fully saturated rings. The summed E-state index contributed by atoms with van der Waals surface area (Å²) >= 11 is 0. The molecule has 4 nitrogen and oxygen atoms in total. The molecule has 0 aliphatic heterocycles. The molecule has 0 saturated heterocycles. The van der Waals surface area contributed by atoms with Crippen LogP contribution in [0.15, 0.2) is 57.7 Å². The largest absolute Gasteiger partial charge is 0.508 e. The van der Waals surface area contributed by atoms with Gasteiger partial charge in [0, 0.05) is 29.0 Å². The van der Waals surface area contributed by atoms with Crippen molar-refractivity contribution in [3.05, 3.63) is 75.6 Å². The van der Waals surface area contributed by atoms with Gasteiger partial charge in [0.15, 0.2) is 0 Å². The fraction of sp³-hybridized carbons (Fsp3) is 0.318. The maximum atomic E-state index is 11.9. The van der Waals surface area contributed by atoms with Crippen molar-refractivity contribution in [1.82, 2.24) is 0 Å². The zero-order valence-corrected chi connectivity index (χ0v) is 15.4. The fourth-order valence-electron chi connectivity index (χ4n) is 3.46. The summed E-state index contributed by atoms with van der Waals surface area (Å²) in [6, 6.07) is 15.6. The number of nitrogens with two attached hydrogens (primary N) is 1. The van der Waals surface area contributed by atoms with Crippen molar-refractivity contribution in [2.75, 3.05) is 6.54 Å². The molecule has 1 heterocycles. The van der Waals surface area contributed by atoms with E-state index in [1.165, 1.54) is 5.56 Å². The van der Waals surface area contributed by atoms with Crippen LogP contribution in [0.25, 0.3) is 11.0 Å². The molecule has 0 radical (unpaired) electrons. The van der Waals surface area contributed by atoms with Crippen LogP contribution in [0.1, 0.15) is 42.9 Å². The Morgan fingerprint density at radius 2 is 1.85 bits per heavy atom. The second-order valence-electron chi connectivity index (χ2n) is 6.67. The third-order valence-electron chi connectivity index (χ3n) is 4.99. The van der Waals surface area contributed by atoms with Crippen LogP contribution in [0.5, 0.6) is 5.75 Å². The van der Waals surface area contributed by atoms with E-state index in [2.05, 4.69) is 36.5 Å². The quantitative estimate of drug-likeness (QED) is 0.641. The number of benzene rings is 2. The predicted molar refractivity (Wildman–Crippen MR) is 103 cm³/mol. The number of aromatic hydroxyl groups is 1. The first-order valence-corrected chi connectivity index (χ1v) is 9.27. The van der Waals surface area contributed by atoms with Gasteiger partial charge in [0.2, 0.25) is 0 Å². The van der Waals surface area contributed by atoms with Gasteiger partial charge in [-0.15, -0.1) is 0 Å². The van der Waals surface area contributed by atoms with Crippen molar-refractivity contribution in [2.24, 2.45) is 0 Å². The first kappa shape index (κ1) is 18.2. The van der Waals surface area contributed by atoms with E-state index in [1.807, 2.05) is 19.1 Å². The average molecular weight is 352 g/mol. The molecule has 4 heteroatoms. The van der Waals surface area contributed by atoms with E-state index in [9.17, 15) is 9.90 Å². The standard InChI is InChI=1S/C22H25NO3/c1-3-15-10-19-18(11-22(25)26-21(19)12-20(15)24)14-23-13-16(4-2)17-8-6-5-7-9-17/h5-12,16,23-24H,3-4,13-14H2,1-2H3/p+1/t16-/m1/s1. The van der Waals surface area contributed by atoms with Gasteiger partial charge in [0.1, 0.15) is 17.9 Å². The Bertz CT molecular complexity index is 931. The van der Waals surface area contributed by atoms with Gasteiger partial charge in [0.05, 0.1) is 6.54 Å². The Kier molecular flexibility index (Phi) is 5.74. The zero-order chi connectivity index (χ0) is 18.5. The molecule has 0 aliphatic rings. The van der Waals surface area contributed by atoms with Crippen LogP contribution in [0.3, 0.4) is 0 Å². The molecule has 3 N–H and O–H groups in total. The van der Waals surface area contributed by atoms with Crippen molar-refractivity contribution in [3.8, 4) is 5.75 Å². The summed E-state index contributed by atoms with van der Waals surface area (Å²) in [4.78, 5) is 11.9. The summed E-state index contributed by atoms with van der Waals surface area (Å²) in [6.45, 7) is 5.87. The molecule has 136 valence electrons. The van der Waals surface area contributed by atoms with E-state index in [-0.39, 0.29) is 11.4 Å². The van der Waals surface area contributed by atoms with E-state index in [1.54, 1.807) is 12.1 Å². The summed E-state index contributed by atoms with van der Waals surface area (Å²) in [5.41, 5.74) is 3.24. The smallest absolute Gasteiger partial charge is 0.336 e. The third-order valence-corrected chi connectivity index (χ3v) is 4.99. The second-order valence-corrected chi connectivity index (χ2v) is 6.67. The third kappa shape index (κ3) is 3.97. The fourth-order valence-corrected chi connectivity index (χ4v) is 3.46. The molecule has 0 unspecified atom stereocenters. The highest BCUT2D eigenvalue weighted by molar-refractivity contribution is 5.82. The van der Waals surface area contributed by atoms with Gasteiger partial charge in [-0.05, 0) is 30.0 Å². The van der Waals surface area contributed by atoms with E-state index in [0.717, 1.165) is 35.9 Å². The maximum absolute atomic E-state index is 11.9. The minimum atomic E-state index is -0.375. The van der Waals surface area contributed by atoms with E-state index in [0.29, 0.717) is 18.0 Å². The van der Waals surface area contributed by atoms with Crippen LogP contribution >= 0.6 is 0 Å². The minimum Gasteiger partial charge on any atom is -0.508 e. The number of quaternary nitrogens is 1.